The third kappa shape index (κ3) is 9.23. The Morgan fingerprint density at radius 3 is 1.81 bits per heavy atom. The van der Waals surface area contributed by atoms with E-state index >= 15 is 0 Å². The molecule has 4 unspecified atom stereocenters. The summed E-state index contributed by atoms with van der Waals surface area (Å²) < 4.78 is 23.8. The van der Waals surface area contributed by atoms with E-state index in [0.717, 1.165) is 5.56 Å². The Morgan fingerprint density at radius 1 is 0.722 bits per heavy atom. The summed E-state index contributed by atoms with van der Waals surface area (Å²) in [5.41, 5.74) is 1.61. The molecule has 0 spiro atoms. The van der Waals surface area contributed by atoms with Gasteiger partial charge >= 0.3 is 0 Å². The summed E-state index contributed by atoms with van der Waals surface area (Å²) >= 11 is 0. The van der Waals surface area contributed by atoms with Crippen LogP contribution in [0.15, 0.2) is 91.0 Å². The Hall–Kier alpha value is -5.35. The highest BCUT2D eigenvalue weighted by molar-refractivity contribution is 6.11. The van der Waals surface area contributed by atoms with Gasteiger partial charge in [0.05, 0.1) is 42.7 Å². The summed E-state index contributed by atoms with van der Waals surface area (Å²) in [6.45, 7) is 14.8. The summed E-state index contributed by atoms with van der Waals surface area (Å²) in [6.07, 6.45) is -0.423. The number of amides is 2. The molecule has 0 saturated heterocycles. The number of para-hydroxylation sites is 4. The Morgan fingerprint density at radius 2 is 1.26 bits per heavy atom. The fourth-order valence-electron chi connectivity index (χ4n) is 7.00. The van der Waals surface area contributed by atoms with Crippen LogP contribution in [-0.2, 0) is 26.4 Å². The van der Waals surface area contributed by atoms with Crippen molar-refractivity contribution in [2.24, 2.45) is 11.8 Å². The van der Waals surface area contributed by atoms with E-state index in [4.69, 9.17) is 18.9 Å². The normalized spacial score (nSPS) is 19.8. The standard InChI is InChI=1S/C44H52N2O8/c1-8-51-34-17-13-11-15-31(34)45-41(48)39-33(47)26-44(7,50)40(42(49)46-32-16-12-14-18-35(32)52-9-2)38(39)29-21-24-36(37(25-29)53-10-3)54-27-28-19-22-30(23-20-28)43(4,5)6/h11-25,38-40,50H,8-10,26-27H2,1-7H3,(H,45,48)(H,46,49). The van der Waals surface area contributed by atoms with E-state index in [0.29, 0.717) is 59.8 Å². The van der Waals surface area contributed by atoms with E-state index in [-0.39, 0.29) is 12.0 Å². The van der Waals surface area contributed by atoms with Crippen molar-refractivity contribution in [3.05, 3.63) is 108 Å². The third-order valence-corrected chi connectivity index (χ3v) is 9.59. The van der Waals surface area contributed by atoms with Gasteiger partial charge < -0.3 is 34.7 Å². The van der Waals surface area contributed by atoms with Crippen molar-refractivity contribution in [1.82, 2.24) is 0 Å². The van der Waals surface area contributed by atoms with Crippen LogP contribution in [0.4, 0.5) is 11.4 Å². The van der Waals surface area contributed by atoms with Crippen LogP contribution in [0.25, 0.3) is 0 Å². The zero-order valence-corrected chi connectivity index (χ0v) is 32.2. The summed E-state index contributed by atoms with van der Waals surface area (Å²) in [5, 5.41) is 17.8. The van der Waals surface area contributed by atoms with Crippen LogP contribution < -0.4 is 29.6 Å². The molecule has 54 heavy (non-hydrogen) atoms. The van der Waals surface area contributed by atoms with Crippen LogP contribution in [0.2, 0.25) is 0 Å². The molecular formula is C44H52N2O8. The molecule has 1 aliphatic carbocycles. The molecule has 4 aromatic carbocycles. The number of ketones is 1. The first-order valence-corrected chi connectivity index (χ1v) is 18.6. The summed E-state index contributed by atoms with van der Waals surface area (Å²) in [5.74, 6) is -3.72. The van der Waals surface area contributed by atoms with Gasteiger partial charge in [0, 0.05) is 12.3 Å². The number of carbonyl (C=O) groups is 3. The SMILES string of the molecule is CCOc1ccccc1NC(=O)C1C(=O)CC(C)(O)C(C(=O)Nc2ccccc2OCC)C1c1ccc(OCc2ccc(C(C)(C)C)cc2)c(OCC)c1. The molecule has 0 aromatic heterocycles. The highest BCUT2D eigenvalue weighted by Crippen LogP contribution is 2.48. The van der Waals surface area contributed by atoms with Crippen molar-refractivity contribution in [3.63, 3.8) is 0 Å². The lowest BCUT2D eigenvalue weighted by molar-refractivity contribution is -0.150. The summed E-state index contributed by atoms with van der Waals surface area (Å²) in [7, 11) is 0. The second-order valence-electron chi connectivity index (χ2n) is 14.7. The van der Waals surface area contributed by atoms with Gasteiger partial charge in [0.2, 0.25) is 11.8 Å². The maximum atomic E-state index is 14.5. The topological polar surface area (TPSA) is 132 Å². The zero-order valence-electron chi connectivity index (χ0n) is 32.2. The van der Waals surface area contributed by atoms with Crippen molar-refractivity contribution < 1.29 is 38.4 Å². The molecule has 10 heteroatoms. The van der Waals surface area contributed by atoms with E-state index in [1.54, 1.807) is 66.7 Å². The first-order valence-electron chi connectivity index (χ1n) is 18.6. The molecule has 5 rings (SSSR count). The average Bonchev–Trinajstić information content (AvgIpc) is 3.12. The lowest BCUT2D eigenvalue weighted by Crippen LogP contribution is -2.56. The maximum absolute atomic E-state index is 14.5. The lowest BCUT2D eigenvalue weighted by atomic mass is 9.61. The van der Waals surface area contributed by atoms with Crippen molar-refractivity contribution in [3.8, 4) is 23.0 Å². The predicted octanol–water partition coefficient (Wildman–Crippen LogP) is 8.08. The second kappa shape index (κ2) is 17.2. The molecule has 1 aliphatic rings. The quantitative estimate of drug-likeness (QED) is 0.111. The summed E-state index contributed by atoms with van der Waals surface area (Å²) in [4.78, 5) is 42.9. The predicted molar refractivity (Wildman–Crippen MR) is 210 cm³/mol. The number of anilines is 2. The molecule has 0 heterocycles. The van der Waals surface area contributed by atoms with Crippen LogP contribution in [0.5, 0.6) is 23.0 Å². The second-order valence-corrected chi connectivity index (χ2v) is 14.7. The number of hydrogen-bond donors (Lipinski definition) is 3. The van der Waals surface area contributed by atoms with E-state index in [2.05, 4.69) is 43.5 Å². The maximum Gasteiger partial charge on any atom is 0.235 e. The molecule has 4 aromatic rings. The molecule has 2 amide bonds. The minimum absolute atomic E-state index is 0.0192. The van der Waals surface area contributed by atoms with Crippen LogP contribution in [0.3, 0.4) is 0 Å². The Kier molecular flexibility index (Phi) is 12.7. The first-order chi connectivity index (χ1) is 25.8. The monoisotopic (exact) mass is 736 g/mol. The van der Waals surface area contributed by atoms with Gasteiger partial charge in [-0.3, -0.25) is 14.4 Å². The van der Waals surface area contributed by atoms with Gasteiger partial charge in [-0.05, 0) is 86.2 Å². The van der Waals surface area contributed by atoms with Crippen molar-refractivity contribution in [1.29, 1.82) is 0 Å². The van der Waals surface area contributed by atoms with Crippen molar-refractivity contribution >= 4 is 29.0 Å². The van der Waals surface area contributed by atoms with Gasteiger partial charge in [-0.2, -0.15) is 0 Å². The van der Waals surface area contributed by atoms with E-state index < -0.39 is 47.4 Å². The van der Waals surface area contributed by atoms with Gasteiger partial charge in [-0.1, -0.05) is 75.4 Å². The summed E-state index contributed by atoms with van der Waals surface area (Å²) in [6, 6.07) is 27.3. The van der Waals surface area contributed by atoms with E-state index in [1.807, 2.05) is 32.9 Å². The molecule has 286 valence electrons. The van der Waals surface area contributed by atoms with E-state index in [9.17, 15) is 19.5 Å². The average molecular weight is 737 g/mol. The number of aliphatic hydroxyl groups is 1. The van der Waals surface area contributed by atoms with Gasteiger partial charge in [-0.15, -0.1) is 0 Å². The molecule has 0 aliphatic heterocycles. The Bertz CT molecular complexity index is 1930. The molecular weight excluding hydrogens is 684 g/mol. The number of Topliss-reactive ketones (excluding diaryl/α,β-unsaturated/α-hetero) is 1. The Balaban J connectivity index is 1.56. The smallest absolute Gasteiger partial charge is 0.235 e. The van der Waals surface area contributed by atoms with Crippen molar-refractivity contribution in [2.45, 2.75) is 78.4 Å². The molecule has 10 nitrogen and oxygen atoms in total. The highest BCUT2D eigenvalue weighted by atomic mass is 16.5. The molecule has 4 atom stereocenters. The van der Waals surface area contributed by atoms with Crippen molar-refractivity contribution in [2.75, 3.05) is 30.5 Å². The number of rotatable bonds is 14. The number of carbonyl (C=O) groups excluding carboxylic acids is 3. The highest BCUT2D eigenvalue weighted by Gasteiger charge is 2.56. The third-order valence-electron chi connectivity index (χ3n) is 9.59. The van der Waals surface area contributed by atoms with Gasteiger partial charge in [0.1, 0.15) is 29.8 Å². The number of nitrogens with one attached hydrogen (secondary N) is 2. The number of ether oxygens (including phenoxy) is 4. The van der Waals surface area contributed by atoms with Gasteiger partial charge in [0.25, 0.3) is 0 Å². The zero-order chi connectivity index (χ0) is 39.0. The molecule has 1 saturated carbocycles. The molecule has 0 bridgehead atoms. The van der Waals surface area contributed by atoms with Gasteiger partial charge in [-0.25, -0.2) is 0 Å². The van der Waals surface area contributed by atoms with Crippen LogP contribution in [0, 0.1) is 11.8 Å². The minimum atomic E-state index is -1.83. The molecule has 3 N–H and O–H groups in total. The largest absolute Gasteiger partial charge is 0.492 e. The van der Waals surface area contributed by atoms with Gasteiger partial charge in [0.15, 0.2) is 11.5 Å². The number of benzene rings is 4. The minimum Gasteiger partial charge on any atom is -0.492 e. The number of hydrogen-bond acceptors (Lipinski definition) is 8. The van der Waals surface area contributed by atoms with Crippen LogP contribution in [-0.4, -0.2) is 48.1 Å². The fourth-order valence-corrected chi connectivity index (χ4v) is 7.00. The van der Waals surface area contributed by atoms with Crippen LogP contribution in [0.1, 0.15) is 77.5 Å². The van der Waals surface area contributed by atoms with E-state index in [1.165, 1.54) is 12.5 Å². The fraction of sp³-hybridized carbons (Fsp3) is 0.386. The molecule has 0 radical (unpaired) electrons. The van der Waals surface area contributed by atoms with Crippen LogP contribution >= 0.6 is 0 Å². The lowest BCUT2D eigenvalue weighted by Gasteiger charge is -2.44. The molecule has 1 fully saturated rings. The Labute approximate surface area is 318 Å². The first kappa shape index (κ1) is 39.8.